The van der Waals surface area contributed by atoms with Crippen LogP contribution < -0.4 is 10.5 Å². The average molecular weight is 302 g/mol. The van der Waals surface area contributed by atoms with Crippen molar-refractivity contribution in [1.29, 1.82) is 0 Å². The molecule has 2 rings (SSSR count). The number of benzene rings is 2. The quantitative estimate of drug-likeness (QED) is 0.665. The van der Waals surface area contributed by atoms with Gasteiger partial charge >= 0.3 is 0 Å². The molecular weight excluding hydrogens is 288 g/mol. The second kappa shape index (κ2) is 6.23. The number of sulfonamides is 1. The lowest BCUT2D eigenvalue weighted by Gasteiger charge is -2.04. The summed E-state index contributed by atoms with van der Waals surface area (Å²) >= 11 is 0. The second-order valence-corrected chi connectivity index (χ2v) is 5.97. The molecule has 0 aliphatic carbocycles. The van der Waals surface area contributed by atoms with Gasteiger partial charge in [0.1, 0.15) is 0 Å². The first-order valence-electron chi connectivity index (χ1n) is 6.13. The summed E-state index contributed by atoms with van der Waals surface area (Å²) < 4.78 is 25.8. The van der Waals surface area contributed by atoms with E-state index in [9.17, 15) is 13.2 Å². The van der Waals surface area contributed by atoms with Crippen LogP contribution in [0.25, 0.3) is 6.08 Å². The first-order valence-corrected chi connectivity index (χ1v) is 7.61. The monoisotopic (exact) mass is 302 g/mol. The van der Waals surface area contributed by atoms with E-state index in [1.165, 1.54) is 18.2 Å². The minimum absolute atomic E-state index is 0.0410. The van der Waals surface area contributed by atoms with E-state index in [4.69, 9.17) is 5.73 Å². The third-order valence-corrected chi connectivity index (χ3v) is 4.01. The summed E-state index contributed by atoms with van der Waals surface area (Å²) in [6, 6.07) is 14.5. The third-order valence-electron chi connectivity index (χ3n) is 2.65. The Balaban J connectivity index is 2.06. The topological polar surface area (TPSA) is 89.3 Å². The van der Waals surface area contributed by atoms with Crippen molar-refractivity contribution >= 4 is 27.7 Å². The van der Waals surface area contributed by atoms with Crippen LogP contribution in [0.4, 0.5) is 5.69 Å². The molecule has 0 aliphatic heterocycles. The number of carbonyl (C=O) groups is 1. The molecule has 0 saturated carbocycles. The van der Waals surface area contributed by atoms with E-state index < -0.39 is 15.9 Å². The molecule has 3 N–H and O–H groups in total. The summed E-state index contributed by atoms with van der Waals surface area (Å²) in [5.41, 5.74) is 6.91. The molecule has 2 aromatic carbocycles. The number of anilines is 1. The van der Waals surface area contributed by atoms with Gasteiger partial charge in [0.25, 0.3) is 15.9 Å². The zero-order valence-corrected chi connectivity index (χ0v) is 11.9. The first kappa shape index (κ1) is 14.8. The summed E-state index contributed by atoms with van der Waals surface area (Å²) in [4.78, 5) is 11.7. The van der Waals surface area contributed by atoms with Crippen molar-refractivity contribution in [2.24, 2.45) is 0 Å². The van der Waals surface area contributed by atoms with Crippen LogP contribution in [-0.2, 0) is 14.8 Å². The minimum atomic E-state index is -3.84. The van der Waals surface area contributed by atoms with Crippen molar-refractivity contribution in [3.05, 3.63) is 66.2 Å². The zero-order valence-electron chi connectivity index (χ0n) is 11.1. The fraction of sp³-hybridized carbons (Fsp3) is 0. The van der Waals surface area contributed by atoms with Gasteiger partial charge in [0.05, 0.1) is 4.90 Å². The van der Waals surface area contributed by atoms with Gasteiger partial charge in [-0.05, 0) is 35.9 Å². The zero-order chi connectivity index (χ0) is 15.3. The van der Waals surface area contributed by atoms with Gasteiger partial charge in [-0.25, -0.2) is 13.1 Å². The van der Waals surface area contributed by atoms with Gasteiger partial charge in [0, 0.05) is 11.8 Å². The fourth-order valence-electron chi connectivity index (χ4n) is 1.60. The average Bonchev–Trinajstić information content (AvgIpc) is 2.47. The Morgan fingerprint density at radius 3 is 2.24 bits per heavy atom. The van der Waals surface area contributed by atoms with E-state index in [-0.39, 0.29) is 4.90 Å². The van der Waals surface area contributed by atoms with Crippen LogP contribution in [0.1, 0.15) is 5.56 Å². The number of carbonyl (C=O) groups excluding carboxylic acids is 1. The van der Waals surface area contributed by atoms with Crippen LogP contribution in [0.2, 0.25) is 0 Å². The maximum atomic E-state index is 11.9. The van der Waals surface area contributed by atoms with Crippen molar-refractivity contribution in [3.63, 3.8) is 0 Å². The molecule has 0 bridgehead atoms. The maximum absolute atomic E-state index is 11.9. The predicted octanol–water partition coefficient (Wildman–Crippen LogP) is 1.79. The van der Waals surface area contributed by atoms with Crippen molar-refractivity contribution in [2.75, 3.05) is 5.73 Å². The molecule has 0 heterocycles. The number of hydrogen-bond donors (Lipinski definition) is 2. The molecule has 0 radical (unpaired) electrons. The summed E-state index contributed by atoms with van der Waals surface area (Å²) in [5.74, 6) is -0.712. The number of nitrogens with two attached hydrogens (primary N) is 1. The van der Waals surface area contributed by atoms with Crippen molar-refractivity contribution in [2.45, 2.75) is 4.90 Å². The lowest BCUT2D eigenvalue weighted by molar-refractivity contribution is -0.114. The Hall–Kier alpha value is -2.60. The molecular formula is C15H14N2O3S. The number of amides is 1. The summed E-state index contributed by atoms with van der Waals surface area (Å²) in [7, 11) is -3.84. The minimum Gasteiger partial charge on any atom is -0.399 e. The SMILES string of the molecule is Nc1ccc(/C=C/C(=O)NS(=O)(=O)c2ccccc2)cc1. The fourth-order valence-corrected chi connectivity index (χ4v) is 2.57. The highest BCUT2D eigenvalue weighted by atomic mass is 32.2. The Bertz CT molecular complexity index is 751. The van der Waals surface area contributed by atoms with Gasteiger partial charge < -0.3 is 5.73 Å². The summed E-state index contributed by atoms with van der Waals surface area (Å²) in [5, 5.41) is 0. The molecule has 5 nitrogen and oxygen atoms in total. The van der Waals surface area contributed by atoms with E-state index in [1.807, 2.05) is 4.72 Å². The van der Waals surface area contributed by atoms with Gasteiger partial charge in [0.2, 0.25) is 0 Å². The van der Waals surface area contributed by atoms with Crippen LogP contribution in [0.15, 0.2) is 65.6 Å². The van der Waals surface area contributed by atoms with Gasteiger partial charge in [-0.1, -0.05) is 30.3 Å². The first-order chi connectivity index (χ1) is 9.97. The Morgan fingerprint density at radius 2 is 1.62 bits per heavy atom. The van der Waals surface area contributed by atoms with Gasteiger partial charge in [-0.3, -0.25) is 4.79 Å². The van der Waals surface area contributed by atoms with Crippen molar-refractivity contribution in [1.82, 2.24) is 4.72 Å². The Morgan fingerprint density at radius 1 is 1.00 bits per heavy atom. The van der Waals surface area contributed by atoms with E-state index in [2.05, 4.69) is 0 Å². The van der Waals surface area contributed by atoms with E-state index in [0.717, 1.165) is 11.6 Å². The molecule has 21 heavy (non-hydrogen) atoms. The highest BCUT2D eigenvalue weighted by Gasteiger charge is 2.15. The molecule has 0 aromatic heterocycles. The van der Waals surface area contributed by atoms with Crippen LogP contribution in [0.3, 0.4) is 0 Å². The molecule has 6 heteroatoms. The van der Waals surface area contributed by atoms with Gasteiger partial charge in [0.15, 0.2) is 0 Å². The number of nitrogens with one attached hydrogen (secondary N) is 1. The van der Waals surface area contributed by atoms with E-state index in [0.29, 0.717) is 5.69 Å². The van der Waals surface area contributed by atoms with E-state index in [1.54, 1.807) is 42.5 Å². The van der Waals surface area contributed by atoms with Crippen molar-refractivity contribution in [3.8, 4) is 0 Å². The number of nitrogen functional groups attached to an aromatic ring is 1. The molecule has 0 saturated heterocycles. The molecule has 0 fully saturated rings. The molecule has 0 aliphatic rings. The predicted molar refractivity (Wildman–Crippen MR) is 81.7 cm³/mol. The molecule has 1 amide bonds. The summed E-state index contributed by atoms with van der Waals surface area (Å²) in [6.45, 7) is 0. The summed E-state index contributed by atoms with van der Waals surface area (Å²) in [6.07, 6.45) is 2.67. The highest BCUT2D eigenvalue weighted by Crippen LogP contribution is 2.08. The second-order valence-electron chi connectivity index (χ2n) is 4.28. The number of rotatable bonds is 4. The normalized spacial score (nSPS) is 11.4. The lowest BCUT2D eigenvalue weighted by atomic mass is 10.2. The van der Waals surface area contributed by atoms with Gasteiger partial charge in [-0.15, -0.1) is 0 Å². The van der Waals surface area contributed by atoms with Crippen LogP contribution in [-0.4, -0.2) is 14.3 Å². The van der Waals surface area contributed by atoms with E-state index >= 15 is 0 Å². The highest BCUT2D eigenvalue weighted by molar-refractivity contribution is 7.90. The molecule has 0 spiro atoms. The Kier molecular flexibility index (Phi) is 4.39. The molecule has 108 valence electrons. The standard InChI is InChI=1S/C15H14N2O3S/c16-13-9-6-12(7-10-13)8-11-15(18)17-21(19,20)14-4-2-1-3-5-14/h1-11H,16H2,(H,17,18)/b11-8+. The van der Waals surface area contributed by atoms with Crippen LogP contribution in [0, 0.1) is 0 Å². The lowest BCUT2D eigenvalue weighted by Crippen LogP contribution is -2.28. The smallest absolute Gasteiger partial charge is 0.264 e. The third kappa shape index (κ3) is 4.19. The molecule has 0 unspecified atom stereocenters. The molecule has 0 atom stereocenters. The van der Waals surface area contributed by atoms with Crippen LogP contribution >= 0.6 is 0 Å². The van der Waals surface area contributed by atoms with Gasteiger partial charge in [-0.2, -0.15) is 0 Å². The molecule has 2 aromatic rings. The van der Waals surface area contributed by atoms with Crippen molar-refractivity contribution < 1.29 is 13.2 Å². The Labute approximate surface area is 123 Å². The maximum Gasteiger partial charge on any atom is 0.264 e. The number of hydrogen-bond acceptors (Lipinski definition) is 4. The largest absolute Gasteiger partial charge is 0.399 e. The van der Waals surface area contributed by atoms with Crippen LogP contribution in [0.5, 0.6) is 0 Å².